The van der Waals surface area contributed by atoms with E-state index >= 15 is 0 Å². The molecule has 1 atom stereocenters. The van der Waals surface area contributed by atoms with Gasteiger partial charge >= 0.3 is 12.2 Å². The van der Waals surface area contributed by atoms with E-state index in [1.54, 1.807) is 85.8 Å². The summed E-state index contributed by atoms with van der Waals surface area (Å²) in [4.78, 5) is 39.0. The van der Waals surface area contributed by atoms with E-state index in [2.05, 4.69) is 10.6 Å². The predicted octanol–water partition coefficient (Wildman–Crippen LogP) is 4.78. The maximum Gasteiger partial charge on any atom is 0.411 e. The lowest BCUT2D eigenvalue weighted by Gasteiger charge is -2.35. The van der Waals surface area contributed by atoms with E-state index in [-0.39, 0.29) is 11.5 Å². The highest BCUT2D eigenvalue weighted by Crippen LogP contribution is 2.38. The lowest BCUT2D eigenvalue weighted by atomic mass is 9.81. The first-order chi connectivity index (χ1) is 16.9. The van der Waals surface area contributed by atoms with Crippen LogP contribution >= 0.6 is 0 Å². The summed E-state index contributed by atoms with van der Waals surface area (Å²) in [6, 6.07) is 22.5. The van der Waals surface area contributed by atoms with Crippen LogP contribution in [0, 0.1) is 12.3 Å². The standard InChI is InChI=1S/C26H24N2O6S/c1-18-9-8-14-21-22(18)23(29)26(17-35(21)32,15-33-24(30)27-19-10-4-2-5-11-19)16-34-25(31)28-20-12-6-3-7-13-20/h2-14H,15-17H2,1H3,(H,27,30)(H,28,31). The molecule has 1 aliphatic heterocycles. The van der Waals surface area contributed by atoms with Crippen LogP contribution in [-0.4, -0.2) is 41.5 Å². The summed E-state index contributed by atoms with van der Waals surface area (Å²) in [7, 11) is 0. The molecule has 9 heteroatoms. The van der Waals surface area contributed by atoms with E-state index in [4.69, 9.17) is 9.47 Å². The Morgan fingerprint density at radius 3 is 1.89 bits per heavy atom. The topological polar surface area (TPSA) is 117 Å². The van der Waals surface area contributed by atoms with Gasteiger partial charge in [-0.15, -0.1) is 0 Å². The van der Waals surface area contributed by atoms with Gasteiger partial charge in [0, 0.05) is 11.4 Å². The third kappa shape index (κ3) is 5.64. The summed E-state index contributed by atoms with van der Waals surface area (Å²) in [6.07, 6.45) is -1.56. The number of carbonyl (C=O) groups is 3. The average molecular weight is 493 g/mol. The van der Waals surface area contributed by atoms with Gasteiger partial charge < -0.3 is 14.0 Å². The first-order valence-electron chi connectivity index (χ1n) is 10.9. The number of benzene rings is 3. The molecule has 0 aromatic heterocycles. The van der Waals surface area contributed by atoms with E-state index in [0.29, 0.717) is 27.4 Å². The molecular weight excluding hydrogens is 468 g/mol. The van der Waals surface area contributed by atoms with E-state index in [1.807, 2.05) is 0 Å². The van der Waals surface area contributed by atoms with Crippen LogP contribution in [0.3, 0.4) is 0 Å². The number of rotatable bonds is 6. The van der Waals surface area contributed by atoms with Gasteiger partial charge in [0.15, 0.2) is 10.7 Å². The van der Waals surface area contributed by atoms with Crippen LogP contribution in [0.4, 0.5) is 21.0 Å². The quantitative estimate of drug-likeness (QED) is 0.478. The number of ether oxygens (including phenoxy) is 2. The maximum atomic E-state index is 13.7. The largest absolute Gasteiger partial charge is 0.611 e. The lowest BCUT2D eigenvalue weighted by Crippen LogP contribution is -2.50. The van der Waals surface area contributed by atoms with Crippen LogP contribution in [0.1, 0.15) is 15.9 Å². The van der Waals surface area contributed by atoms with Crippen molar-refractivity contribution < 1.29 is 28.4 Å². The van der Waals surface area contributed by atoms with Gasteiger partial charge in [-0.25, -0.2) is 9.59 Å². The number of Topliss-reactive ketones (excluding diaryl/α,β-unsaturated/α-hetero) is 1. The normalized spacial score (nSPS) is 16.1. The predicted molar refractivity (Wildman–Crippen MR) is 132 cm³/mol. The molecule has 3 aromatic carbocycles. The fraction of sp³-hybridized carbons (Fsp3) is 0.192. The Balaban J connectivity index is 1.54. The molecule has 1 aliphatic rings. The lowest BCUT2D eigenvalue weighted by molar-refractivity contribution is 0.0378. The number of ketones is 1. The first-order valence-corrected chi connectivity index (χ1v) is 12.2. The zero-order chi connectivity index (χ0) is 24.8. The second-order valence-electron chi connectivity index (χ2n) is 8.18. The van der Waals surface area contributed by atoms with Crippen LogP contribution in [0.5, 0.6) is 0 Å². The van der Waals surface area contributed by atoms with E-state index in [9.17, 15) is 18.9 Å². The molecule has 0 bridgehead atoms. The van der Waals surface area contributed by atoms with Crippen molar-refractivity contribution >= 4 is 40.5 Å². The van der Waals surface area contributed by atoms with Crippen molar-refractivity contribution in [3.63, 3.8) is 0 Å². The fourth-order valence-corrected chi connectivity index (χ4v) is 5.46. The van der Waals surface area contributed by atoms with Crippen LogP contribution in [0.25, 0.3) is 0 Å². The molecule has 8 nitrogen and oxygen atoms in total. The molecule has 4 rings (SSSR count). The molecule has 0 saturated heterocycles. The molecule has 0 fully saturated rings. The smallest absolute Gasteiger partial charge is 0.411 e. The van der Waals surface area contributed by atoms with Gasteiger partial charge in [0.2, 0.25) is 0 Å². The molecule has 0 aliphatic carbocycles. The van der Waals surface area contributed by atoms with Gasteiger partial charge in [-0.3, -0.25) is 15.4 Å². The van der Waals surface area contributed by atoms with Crippen LogP contribution in [0.15, 0.2) is 83.8 Å². The number of para-hydroxylation sites is 2. The van der Waals surface area contributed by atoms with Crippen molar-refractivity contribution in [3.05, 3.63) is 90.0 Å². The molecule has 2 N–H and O–H groups in total. The second-order valence-corrected chi connectivity index (χ2v) is 9.60. The minimum atomic E-state index is -1.57. The number of nitrogens with one attached hydrogen (secondary N) is 2. The third-order valence-electron chi connectivity index (χ3n) is 5.60. The number of aryl methyl sites for hydroxylation is 1. The number of anilines is 2. The summed E-state index contributed by atoms with van der Waals surface area (Å²) in [5.41, 5.74) is 0.477. The van der Waals surface area contributed by atoms with Crippen LogP contribution in [0.2, 0.25) is 0 Å². The summed E-state index contributed by atoms with van der Waals surface area (Å²) >= 11 is -1.57. The Labute approximate surface area is 205 Å². The monoisotopic (exact) mass is 492 g/mol. The van der Waals surface area contributed by atoms with Gasteiger partial charge in [-0.1, -0.05) is 48.5 Å². The maximum absolute atomic E-state index is 13.7. The molecule has 1 unspecified atom stereocenters. The highest BCUT2D eigenvalue weighted by atomic mass is 32.2. The Hall–Kier alpha value is -3.82. The number of hydrogen-bond acceptors (Lipinski definition) is 6. The molecule has 0 spiro atoms. The summed E-state index contributed by atoms with van der Waals surface area (Å²) in [5, 5.41) is 5.17. The van der Waals surface area contributed by atoms with Crippen molar-refractivity contribution in [2.75, 3.05) is 29.6 Å². The first kappa shape index (κ1) is 24.3. The summed E-state index contributed by atoms with van der Waals surface area (Å²) in [6.45, 7) is 0.918. The Morgan fingerprint density at radius 1 is 0.857 bits per heavy atom. The van der Waals surface area contributed by atoms with Gasteiger partial charge in [0.25, 0.3) is 0 Å². The average Bonchev–Trinajstić information content (AvgIpc) is 2.86. The highest BCUT2D eigenvalue weighted by molar-refractivity contribution is 7.91. The Morgan fingerprint density at radius 2 is 1.37 bits per heavy atom. The van der Waals surface area contributed by atoms with Gasteiger partial charge in [-0.05, 0) is 54.0 Å². The molecule has 0 saturated carbocycles. The zero-order valence-corrected chi connectivity index (χ0v) is 19.8. The number of hydrogen-bond donors (Lipinski definition) is 2. The summed E-state index contributed by atoms with van der Waals surface area (Å²) < 4.78 is 23.9. The molecule has 1 heterocycles. The highest BCUT2D eigenvalue weighted by Gasteiger charge is 2.52. The molecule has 3 aromatic rings. The van der Waals surface area contributed by atoms with Gasteiger partial charge in [-0.2, -0.15) is 0 Å². The Bertz CT molecular complexity index is 1160. The minimum Gasteiger partial charge on any atom is -0.611 e. The number of carbonyl (C=O) groups excluding carboxylic acids is 3. The molecule has 2 amide bonds. The Kier molecular flexibility index (Phi) is 7.38. The number of fused-ring (bicyclic) bond motifs is 1. The van der Waals surface area contributed by atoms with Crippen molar-refractivity contribution in [2.24, 2.45) is 5.41 Å². The van der Waals surface area contributed by atoms with E-state index in [1.165, 1.54) is 0 Å². The molecule has 180 valence electrons. The van der Waals surface area contributed by atoms with Gasteiger partial charge in [0.05, 0.1) is 5.56 Å². The molecule has 0 radical (unpaired) electrons. The van der Waals surface area contributed by atoms with E-state index in [0.717, 1.165) is 0 Å². The second kappa shape index (κ2) is 10.6. The molecular formula is C26H24N2O6S. The van der Waals surface area contributed by atoms with E-state index < -0.39 is 42.0 Å². The van der Waals surface area contributed by atoms with Crippen LogP contribution in [-0.2, 0) is 20.6 Å². The van der Waals surface area contributed by atoms with Crippen molar-refractivity contribution in [3.8, 4) is 0 Å². The van der Waals surface area contributed by atoms with Crippen molar-refractivity contribution in [2.45, 2.75) is 11.8 Å². The van der Waals surface area contributed by atoms with Crippen molar-refractivity contribution in [1.29, 1.82) is 0 Å². The minimum absolute atomic E-state index is 0.153. The SMILES string of the molecule is Cc1cccc2c1C(=O)C(COC(=O)Nc1ccccc1)(COC(=O)Nc1ccccc1)C[S+]2[O-]. The third-order valence-corrected chi connectivity index (χ3v) is 7.24. The zero-order valence-electron chi connectivity index (χ0n) is 19.0. The fourth-order valence-electron chi connectivity index (χ4n) is 3.80. The van der Waals surface area contributed by atoms with Crippen molar-refractivity contribution in [1.82, 2.24) is 0 Å². The van der Waals surface area contributed by atoms with Gasteiger partial charge in [0.1, 0.15) is 24.4 Å². The number of amides is 2. The summed E-state index contributed by atoms with van der Waals surface area (Å²) in [5.74, 6) is -0.537. The molecule has 35 heavy (non-hydrogen) atoms. The van der Waals surface area contributed by atoms with Crippen LogP contribution < -0.4 is 10.6 Å².